The maximum absolute atomic E-state index is 12.1. The summed E-state index contributed by atoms with van der Waals surface area (Å²) in [7, 11) is 0. The molecule has 1 unspecified atom stereocenters. The molecule has 0 aromatic heterocycles. The number of halogens is 2. The van der Waals surface area contributed by atoms with Gasteiger partial charge in [0.25, 0.3) is 0 Å². The van der Waals surface area contributed by atoms with E-state index in [-0.39, 0.29) is 17.2 Å². The highest BCUT2D eigenvalue weighted by Gasteiger charge is 2.23. The number of benzene rings is 1. The van der Waals surface area contributed by atoms with Gasteiger partial charge in [0.15, 0.2) is 0 Å². The van der Waals surface area contributed by atoms with Crippen LogP contribution in [0.1, 0.15) is 32.8 Å². The number of carbonyl (C=O) groups is 1. The maximum atomic E-state index is 12.1. The average Bonchev–Trinajstić information content (AvgIpc) is 2.37. The zero-order valence-electron chi connectivity index (χ0n) is 12.9. The standard InChI is InChI=1S/C16H24Cl2N2O/c1-16(2,3)9-12(10-19)15(21)20-7-6-11-4-5-13(17)8-14(11)18/h4-5,8,12H,6-7,9-10,19H2,1-3H3,(H,20,21). The number of rotatable bonds is 6. The van der Waals surface area contributed by atoms with Crippen molar-refractivity contribution in [3.63, 3.8) is 0 Å². The predicted molar refractivity (Wildman–Crippen MR) is 89.8 cm³/mol. The summed E-state index contributed by atoms with van der Waals surface area (Å²) in [5.41, 5.74) is 6.77. The first-order valence-corrected chi connectivity index (χ1v) is 7.90. The van der Waals surface area contributed by atoms with Gasteiger partial charge in [-0.15, -0.1) is 0 Å². The number of carbonyl (C=O) groups excluding carboxylic acids is 1. The molecule has 5 heteroatoms. The van der Waals surface area contributed by atoms with Gasteiger partial charge in [0.1, 0.15) is 0 Å². The third-order valence-electron chi connectivity index (χ3n) is 3.22. The van der Waals surface area contributed by atoms with Crippen molar-refractivity contribution >= 4 is 29.1 Å². The molecule has 0 aliphatic rings. The fourth-order valence-electron chi connectivity index (χ4n) is 2.21. The summed E-state index contributed by atoms with van der Waals surface area (Å²) in [5, 5.41) is 4.17. The third kappa shape index (κ3) is 6.68. The van der Waals surface area contributed by atoms with Crippen LogP contribution >= 0.6 is 23.2 Å². The van der Waals surface area contributed by atoms with E-state index >= 15 is 0 Å². The Morgan fingerprint density at radius 3 is 2.52 bits per heavy atom. The van der Waals surface area contributed by atoms with Gasteiger partial charge in [0.2, 0.25) is 5.91 Å². The normalized spacial score (nSPS) is 13.0. The van der Waals surface area contributed by atoms with Crippen molar-refractivity contribution < 1.29 is 4.79 Å². The highest BCUT2D eigenvalue weighted by atomic mass is 35.5. The van der Waals surface area contributed by atoms with Crippen LogP contribution in [0.25, 0.3) is 0 Å². The molecule has 0 heterocycles. The molecular weight excluding hydrogens is 307 g/mol. The van der Waals surface area contributed by atoms with E-state index in [9.17, 15) is 4.79 Å². The fourth-order valence-corrected chi connectivity index (χ4v) is 2.71. The Hall–Kier alpha value is -0.770. The van der Waals surface area contributed by atoms with Crippen LogP contribution in [-0.2, 0) is 11.2 Å². The molecular formula is C16H24Cl2N2O. The lowest BCUT2D eigenvalue weighted by Gasteiger charge is -2.24. The van der Waals surface area contributed by atoms with Gasteiger partial charge in [-0.25, -0.2) is 0 Å². The van der Waals surface area contributed by atoms with Crippen molar-refractivity contribution in [1.82, 2.24) is 5.32 Å². The molecule has 0 aliphatic heterocycles. The first kappa shape index (κ1) is 18.3. The molecule has 0 radical (unpaired) electrons. The van der Waals surface area contributed by atoms with E-state index in [1.807, 2.05) is 6.07 Å². The highest BCUT2D eigenvalue weighted by Crippen LogP contribution is 2.24. The van der Waals surface area contributed by atoms with E-state index in [0.29, 0.717) is 29.6 Å². The zero-order valence-corrected chi connectivity index (χ0v) is 14.4. The molecule has 0 fully saturated rings. The Bertz CT molecular complexity index is 484. The minimum atomic E-state index is -0.148. The Labute approximate surface area is 137 Å². The first-order valence-electron chi connectivity index (χ1n) is 7.14. The van der Waals surface area contributed by atoms with Crippen LogP contribution in [-0.4, -0.2) is 19.0 Å². The van der Waals surface area contributed by atoms with Crippen molar-refractivity contribution in [2.45, 2.75) is 33.6 Å². The van der Waals surface area contributed by atoms with Crippen LogP contribution in [0.5, 0.6) is 0 Å². The van der Waals surface area contributed by atoms with E-state index < -0.39 is 0 Å². The molecule has 1 rings (SSSR count). The van der Waals surface area contributed by atoms with Crippen LogP contribution in [0.15, 0.2) is 18.2 Å². The van der Waals surface area contributed by atoms with Gasteiger partial charge in [0.05, 0.1) is 5.92 Å². The lowest BCUT2D eigenvalue weighted by molar-refractivity contribution is -0.125. The average molecular weight is 331 g/mol. The van der Waals surface area contributed by atoms with Gasteiger partial charge in [-0.1, -0.05) is 50.0 Å². The molecule has 118 valence electrons. The topological polar surface area (TPSA) is 55.1 Å². The summed E-state index contributed by atoms with van der Waals surface area (Å²) in [6, 6.07) is 5.39. The van der Waals surface area contributed by atoms with E-state index in [0.717, 1.165) is 12.0 Å². The lowest BCUT2D eigenvalue weighted by Crippen LogP contribution is -2.38. The molecule has 1 atom stereocenters. The Morgan fingerprint density at radius 2 is 2.00 bits per heavy atom. The smallest absolute Gasteiger partial charge is 0.224 e. The van der Waals surface area contributed by atoms with Crippen molar-refractivity contribution in [3.8, 4) is 0 Å². The van der Waals surface area contributed by atoms with Crippen LogP contribution in [0.2, 0.25) is 10.0 Å². The number of nitrogens with one attached hydrogen (secondary N) is 1. The molecule has 0 saturated heterocycles. The molecule has 3 nitrogen and oxygen atoms in total. The molecule has 3 N–H and O–H groups in total. The Kier molecular flexibility index (Phi) is 6.98. The van der Waals surface area contributed by atoms with E-state index in [4.69, 9.17) is 28.9 Å². The van der Waals surface area contributed by atoms with Crippen molar-refractivity contribution in [1.29, 1.82) is 0 Å². The summed E-state index contributed by atoms with van der Waals surface area (Å²) in [5.74, 6) is -0.136. The van der Waals surface area contributed by atoms with Crippen molar-refractivity contribution in [2.75, 3.05) is 13.1 Å². The fraction of sp³-hybridized carbons (Fsp3) is 0.562. The number of hydrogen-bond donors (Lipinski definition) is 2. The molecule has 0 spiro atoms. The van der Waals surface area contributed by atoms with Gasteiger partial charge in [-0.05, 0) is 36.0 Å². The van der Waals surface area contributed by atoms with Gasteiger partial charge in [0, 0.05) is 23.1 Å². The molecule has 21 heavy (non-hydrogen) atoms. The minimum absolute atomic E-state index is 0.0116. The van der Waals surface area contributed by atoms with Crippen molar-refractivity contribution in [3.05, 3.63) is 33.8 Å². The molecule has 1 amide bonds. The number of hydrogen-bond acceptors (Lipinski definition) is 2. The summed E-state index contributed by atoms with van der Waals surface area (Å²) in [4.78, 5) is 12.1. The number of nitrogens with two attached hydrogens (primary N) is 1. The molecule has 1 aromatic rings. The molecule has 0 aliphatic carbocycles. The van der Waals surface area contributed by atoms with Gasteiger partial charge in [-0.3, -0.25) is 4.79 Å². The summed E-state index contributed by atoms with van der Waals surface area (Å²) < 4.78 is 0. The summed E-state index contributed by atoms with van der Waals surface area (Å²) >= 11 is 12.0. The zero-order chi connectivity index (χ0) is 16.0. The van der Waals surface area contributed by atoms with Crippen LogP contribution in [0, 0.1) is 11.3 Å². The molecule has 0 bridgehead atoms. The van der Waals surface area contributed by atoms with E-state index in [1.165, 1.54) is 0 Å². The molecule has 0 saturated carbocycles. The third-order valence-corrected chi connectivity index (χ3v) is 3.81. The first-order chi connectivity index (χ1) is 9.73. The number of amides is 1. The highest BCUT2D eigenvalue weighted by molar-refractivity contribution is 6.35. The van der Waals surface area contributed by atoms with E-state index in [1.54, 1.807) is 12.1 Å². The van der Waals surface area contributed by atoms with Crippen LogP contribution in [0.3, 0.4) is 0 Å². The van der Waals surface area contributed by atoms with Crippen molar-refractivity contribution in [2.24, 2.45) is 17.1 Å². The second kappa shape index (κ2) is 8.02. The largest absolute Gasteiger partial charge is 0.355 e. The van der Waals surface area contributed by atoms with Gasteiger partial charge < -0.3 is 11.1 Å². The summed E-state index contributed by atoms with van der Waals surface area (Å²) in [6.07, 6.45) is 1.45. The maximum Gasteiger partial charge on any atom is 0.224 e. The Balaban J connectivity index is 2.48. The van der Waals surface area contributed by atoms with E-state index in [2.05, 4.69) is 26.1 Å². The lowest BCUT2D eigenvalue weighted by atomic mass is 9.84. The monoisotopic (exact) mass is 330 g/mol. The second-order valence-corrected chi connectivity index (χ2v) is 7.32. The minimum Gasteiger partial charge on any atom is -0.355 e. The second-order valence-electron chi connectivity index (χ2n) is 6.47. The predicted octanol–water partition coefficient (Wildman–Crippen LogP) is 3.66. The Morgan fingerprint density at radius 1 is 1.33 bits per heavy atom. The quantitative estimate of drug-likeness (QED) is 0.836. The van der Waals surface area contributed by atoms with Crippen LogP contribution in [0.4, 0.5) is 0 Å². The van der Waals surface area contributed by atoms with Gasteiger partial charge in [-0.2, -0.15) is 0 Å². The van der Waals surface area contributed by atoms with Gasteiger partial charge >= 0.3 is 0 Å². The summed E-state index contributed by atoms with van der Waals surface area (Å²) in [6.45, 7) is 7.23. The van der Waals surface area contributed by atoms with Crippen LogP contribution < -0.4 is 11.1 Å². The SMILES string of the molecule is CC(C)(C)CC(CN)C(=O)NCCc1ccc(Cl)cc1Cl. The molecule has 1 aromatic carbocycles.